The standard InChI is InChI=1S/C15H19N3O3/c16-12-13-5-6-14(18(19)20)11-15(13)21-10-4-9-17-7-2-1-3-8-17/h5-6,11H,1-4,7-10H2. The summed E-state index contributed by atoms with van der Waals surface area (Å²) < 4.78 is 5.56. The van der Waals surface area contributed by atoms with Crippen molar-refractivity contribution in [2.75, 3.05) is 26.2 Å². The second-order valence-corrected chi connectivity index (χ2v) is 5.15. The minimum Gasteiger partial charge on any atom is -0.492 e. The molecule has 1 aliphatic rings. The smallest absolute Gasteiger partial charge is 0.273 e. The summed E-state index contributed by atoms with van der Waals surface area (Å²) in [6, 6.07) is 6.06. The van der Waals surface area contributed by atoms with Crippen molar-refractivity contribution < 1.29 is 9.66 Å². The van der Waals surface area contributed by atoms with Gasteiger partial charge >= 0.3 is 0 Å². The van der Waals surface area contributed by atoms with Crippen molar-refractivity contribution in [3.63, 3.8) is 0 Å². The van der Waals surface area contributed by atoms with Crippen molar-refractivity contribution in [3.05, 3.63) is 33.9 Å². The van der Waals surface area contributed by atoms with Crippen molar-refractivity contribution in [1.29, 1.82) is 5.26 Å². The zero-order valence-electron chi connectivity index (χ0n) is 12.0. The molecule has 0 unspecified atom stereocenters. The third-order valence-corrected chi connectivity index (χ3v) is 3.62. The predicted octanol–water partition coefficient (Wildman–Crippen LogP) is 2.72. The maximum Gasteiger partial charge on any atom is 0.273 e. The van der Waals surface area contributed by atoms with Crippen LogP contribution in [0.4, 0.5) is 5.69 Å². The van der Waals surface area contributed by atoms with Crippen LogP contribution in [0.1, 0.15) is 31.2 Å². The van der Waals surface area contributed by atoms with Crippen LogP contribution in [0.25, 0.3) is 0 Å². The first-order chi connectivity index (χ1) is 10.2. The monoisotopic (exact) mass is 289 g/mol. The zero-order chi connectivity index (χ0) is 15.1. The van der Waals surface area contributed by atoms with Crippen molar-refractivity contribution in [2.45, 2.75) is 25.7 Å². The van der Waals surface area contributed by atoms with E-state index in [0.29, 0.717) is 17.9 Å². The lowest BCUT2D eigenvalue weighted by Gasteiger charge is -2.26. The van der Waals surface area contributed by atoms with Gasteiger partial charge in [0, 0.05) is 12.6 Å². The maximum atomic E-state index is 10.7. The fourth-order valence-electron chi connectivity index (χ4n) is 2.49. The lowest BCUT2D eigenvalue weighted by molar-refractivity contribution is -0.384. The summed E-state index contributed by atoms with van der Waals surface area (Å²) in [6.45, 7) is 3.71. The van der Waals surface area contributed by atoms with Gasteiger partial charge in [-0.1, -0.05) is 6.42 Å². The molecule has 0 atom stereocenters. The number of rotatable bonds is 6. The van der Waals surface area contributed by atoms with Crippen molar-refractivity contribution >= 4 is 5.69 Å². The number of ether oxygens (including phenoxy) is 1. The van der Waals surface area contributed by atoms with Gasteiger partial charge in [-0.25, -0.2) is 0 Å². The van der Waals surface area contributed by atoms with Crippen LogP contribution in [0.3, 0.4) is 0 Å². The van der Waals surface area contributed by atoms with Crippen LogP contribution in [0.5, 0.6) is 5.75 Å². The average Bonchev–Trinajstić information content (AvgIpc) is 2.52. The van der Waals surface area contributed by atoms with E-state index < -0.39 is 4.92 Å². The summed E-state index contributed by atoms with van der Waals surface area (Å²) in [5.74, 6) is 0.297. The van der Waals surface area contributed by atoms with Crippen molar-refractivity contribution in [1.82, 2.24) is 4.90 Å². The first kappa shape index (κ1) is 15.3. The van der Waals surface area contributed by atoms with Gasteiger partial charge in [0.15, 0.2) is 0 Å². The molecule has 0 saturated carbocycles. The Morgan fingerprint density at radius 2 is 2.10 bits per heavy atom. The molecule has 0 bridgehead atoms. The van der Waals surface area contributed by atoms with Crippen LogP contribution >= 0.6 is 0 Å². The molecule has 1 aliphatic heterocycles. The SMILES string of the molecule is N#Cc1ccc([N+](=O)[O-])cc1OCCCN1CCCCC1. The van der Waals surface area contributed by atoms with E-state index >= 15 is 0 Å². The summed E-state index contributed by atoms with van der Waals surface area (Å²) >= 11 is 0. The molecule has 6 heteroatoms. The Balaban J connectivity index is 1.85. The minimum absolute atomic E-state index is 0.0555. The van der Waals surface area contributed by atoms with E-state index in [1.807, 2.05) is 6.07 Å². The van der Waals surface area contributed by atoms with Crippen LogP contribution in [-0.2, 0) is 0 Å². The van der Waals surface area contributed by atoms with Gasteiger partial charge in [-0.05, 0) is 38.4 Å². The summed E-state index contributed by atoms with van der Waals surface area (Å²) in [5.41, 5.74) is 0.276. The first-order valence-electron chi connectivity index (χ1n) is 7.24. The molecule has 0 aromatic heterocycles. The Morgan fingerprint density at radius 3 is 2.76 bits per heavy atom. The summed E-state index contributed by atoms with van der Waals surface area (Å²) in [7, 11) is 0. The van der Waals surface area contributed by atoms with Crippen LogP contribution < -0.4 is 4.74 Å². The molecule has 1 fully saturated rings. The fraction of sp³-hybridized carbons (Fsp3) is 0.533. The molecule has 112 valence electrons. The highest BCUT2D eigenvalue weighted by molar-refractivity contribution is 5.49. The number of hydrogen-bond acceptors (Lipinski definition) is 5. The number of nitrogens with zero attached hydrogens (tertiary/aromatic N) is 3. The van der Waals surface area contributed by atoms with Gasteiger partial charge in [0.05, 0.1) is 23.2 Å². The van der Waals surface area contributed by atoms with Gasteiger partial charge in [0.1, 0.15) is 11.8 Å². The molecule has 0 radical (unpaired) electrons. The van der Waals surface area contributed by atoms with Gasteiger partial charge in [-0.2, -0.15) is 5.26 Å². The molecule has 0 aliphatic carbocycles. The van der Waals surface area contributed by atoms with E-state index in [2.05, 4.69) is 4.90 Å². The molecule has 1 heterocycles. The number of hydrogen-bond donors (Lipinski definition) is 0. The van der Waals surface area contributed by atoms with E-state index in [4.69, 9.17) is 10.00 Å². The van der Waals surface area contributed by atoms with E-state index in [1.165, 1.54) is 37.5 Å². The maximum absolute atomic E-state index is 10.7. The molecule has 1 aromatic rings. The second-order valence-electron chi connectivity index (χ2n) is 5.15. The molecular formula is C15H19N3O3. The molecule has 0 N–H and O–H groups in total. The Morgan fingerprint density at radius 1 is 1.33 bits per heavy atom. The number of likely N-dealkylation sites (tertiary alicyclic amines) is 1. The van der Waals surface area contributed by atoms with Gasteiger partial charge in [-0.15, -0.1) is 0 Å². The average molecular weight is 289 g/mol. The topological polar surface area (TPSA) is 79.4 Å². The lowest BCUT2D eigenvalue weighted by Crippen LogP contribution is -2.31. The second kappa shape index (κ2) is 7.60. The molecule has 0 amide bonds. The predicted molar refractivity (Wildman–Crippen MR) is 78.2 cm³/mol. The molecular weight excluding hydrogens is 270 g/mol. The fourth-order valence-corrected chi connectivity index (χ4v) is 2.49. The number of nitriles is 1. The highest BCUT2D eigenvalue weighted by atomic mass is 16.6. The number of piperidine rings is 1. The lowest BCUT2D eigenvalue weighted by atomic mass is 10.1. The van der Waals surface area contributed by atoms with Crippen LogP contribution in [0, 0.1) is 21.4 Å². The third-order valence-electron chi connectivity index (χ3n) is 3.62. The van der Waals surface area contributed by atoms with Crippen molar-refractivity contribution in [3.8, 4) is 11.8 Å². The first-order valence-corrected chi connectivity index (χ1v) is 7.24. The molecule has 0 spiro atoms. The highest BCUT2D eigenvalue weighted by Crippen LogP contribution is 2.24. The van der Waals surface area contributed by atoms with E-state index in [0.717, 1.165) is 26.1 Å². The summed E-state index contributed by atoms with van der Waals surface area (Å²) in [6.07, 6.45) is 4.68. The summed E-state index contributed by atoms with van der Waals surface area (Å²) in [4.78, 5) is 12.7. The zero-order valence-corrected chi connectivity index (χ0v) is 12.0. The van der Waals surface area contributed by atoms with E-state index in [1.54, 1.807) is 0 Å². The highest BCUT2D eigenvalue weighted by Gasteiger charge is 2.12. The summed E-state index contributed by atoms with van der Waals surface area (Å²) in [5, 5.41) is 19.7. The molecule has 21 heavy (non-hydrogen) atoms. The minimum atomic E-state index is -0.484. The van der Waals surface area contributed by atoms with E-state index in [-0.39, 0.29) is 5.69 Å². The van der Waals surface area contributed by atoms with E-state index in [9.17, 15) is 10.1 Å². The Bertz CT molecular complexity index is 533. The Labute approximate surface area is 124 Å². The number of nitro groups is 1. The molecule has 2 rings (SSSR count). The molecule has 1 aromatic carbocycles. The van der Waals surface area contributed by atoms with Crippen LogP contribution in [-0.4, -0.2) is 36.1 Å². The number of non-ortho nitro benzene ring substituents is 1. The van der Waals surface area contributed by atoms with Crippen molar-refractivity contribution in [2.24, 2.45) is 0 Å². The number of nitro benzene ring substituents is 1. The van der Waals surface area contributed by atoms with Crippen LogP contribution in [0.15, 0.2) is 18.2 Å². The van der Waals surface area contributed by atoms with Gasteiger partial charge in [-0.3, -0.25) is 10.1 Å². The number of benzene rings is 1. The van der Waals surface area contributed by atoms with Gasteiger partial charge in [0.25, 0.3) is 5.69 Å². The Hall–Kier alpha value is -2.13. The Kier molecular flexibility index (Phi) is 5.52. The van der Waals surface area contributed by atoms with Gasteiger partial charge in [0.2, 0.25) is 0 Å². The molecule has 1 saturated heterocycles. The largest absolute Gasteiger partial charge is 0.492 e. The quantitative estimate of drug-likeness (QED) is 0.457. The molecule has 6 nitrogen and oxygen atoms in total. The third kappa shape index (κ3) is 4.43. The van der Waals surface area contributed by atoms with Crippen LogP contribution in [0.2, 0.25) is 0 Å². The van der Waals surface area contributed by atoms with Gasteiger partial charge < -0.3 is 9.64 Å². The normalized spacial score (nSPS) is 15.4.